The van der Waals surface area contributed by atoms with Crippen molar-refractivity contribution in [1.29, 1.82) is 5.26 Å². The Kier molecular flexibility index (Phi) is 8.10. The van der Waals surface area contributed by atoms with Crippen LogP contribution in [0.5, 0.6) is 0 Å². The van der Waals surface area contributed by atoms with Gasteiger partial charge in [0.15, 0.2) is 0 Å². The summed E-state index contributed by atoms with van der Waals surface area (Å²) >= 11 is 0. The minimum absolute atomic E-state index is 0.0815. The molecule has 188 valence electrons. The van der Waals surface area contributed by atoms with Gasteiger partial charge in [0.05, 0.1) is 23.7 Å². The first kappa shape index (κ1) is 25.5. The lowest BCUT2D eigenvalue weighted by molar-refractivity contribution is -0.157. The summed E-state index contributed by atoms with van der Waals surface area (Å²) in [4.78, 5) is 28.1. The molecule has 1 aromatic heterocycles. The Labute approximate surface area is 212 Å². The number of carbonyl (C=O) groups is 2. The predicted octanol–water partition coefficient (Wildman–Crippen LogP) is 6.61. The van der Waals surface area contributed by atoms with Crippen LogP contribution in [0.4, 0.5) is 0 Å². The summed E-state index contributed by atoms with van der Waals surface area (Å²) < 4.78 is 11.5. The van der Waals surface area contributed by atoms with E-state index in [2.05, 4.69) is 19.1 Å². The Morgan fingerprint density at radius 3 is 2.50 bits per heavy atom. The van der Waals surface area contributed by atoms with Crippen molar-refractivity contribution in [2.75, 3.05) is 13.2 Å². The second-order valence-corrected chi connectivity index (χ2v) is 9.73. The molecule has 6 nitrogen and oxygen atoms in total. The SMILES string of the molecule is CCCCC(=O)N(Cc1ccc2oc(-c3ccc(C#N)cc3)cc2c1)CC1(C(=O)OCC)CCCC1. The number of hydrogen-bond acceptors (Lipinski definition) is 5. The number of esters is 1. The zero-order valence-corrected chi connectivity index (χ0v) is 21.2. The summed E-state index contributed by atoms with van der Waals surface area (Å²) in [5.41, 5.74) is 2.66. The standard InChI is InChI=1S/C30H34N2O4/c1-3-5-8-28(33)32(21-30(15-6-7-16-30)29(34)35-4-2)20-23-11-14-26-25(17-23)18-27(36-26)24-12-9-22(19-31)10-13-24/h9-14,17-18H,3-8,15-16,20-21H2,1-2H3. The van der Waals surface area contributed by atoms with E-state index in [9.17, 15) is 9.59 Å². The van der Waals surface area contributed by atoms with Crippen LogP contribution < -0.4 is 0 Å². The van der Waals surface area contributed by atoms with Crippen molar-refractivity contribution in [3.05, 3.63) is 59.7 Å². The fourth-order valence-corrected chi connectivity index (χ4v) is 5.11. The van der Waals surface area contributed by atoms with Gasteiger partial charge >= 0.3 is 5.97 Å². The van der Waals surface area contributed by atoms with E-state index in [1.165, 1.54) is 0 Å². The Hall–Kier alpha value is -3.59. The summed E-state index contributed by atoms with van der Waals surface area (Å²) in [6, 6.07) is 17.4. The number of amides is 1. The number of nitrogens with zero attached hydrogens (tertiary/aromatic N) is 2. The zero-order valence-electron chi connectivity index (χ0n) is 21.2. The normalized spacial score (nSPS) is 14.5. The summed E-state index contributed by atoms with van der Waals surface area (Å²) in [6.45, 7) is 5.10. The Balaban J connectivity index is 1.59. The first-order valence-corrected chi connectivity index (χ1v) is 13.0. The third kappa shape index (κ3) is 5.62. The van der Waals surface area contributed by atoms with E-state index < -0.39 is 5.41 Å². The van der Waals surface area contributed by atoms with Crippen molar-refractivity contribution in [2.24, 2.45) is 5.41 Å². The number of carbonyl (C=O) groups excluding carboxylic acids is 2. The number of benzene rings is 2. The molecule has 36 heavy (non-hydrogen) atoms. The molecule has 0 spiro atoms. The number of ether oxygens (including phenoxy) is 1. The fraction of sp³-hybridized carbons (Fsp3) is 0.433. The van der Waals surface area contributed by atoms with Crippen LogP contribution in [-0.2, 0) is 20.9 Å². The van der Waals surface area contributed by atoms with Crippen LogP contribution in [0.15, 0.2) is 52.9 Å². The average molecular weight is 487 g/mol. The van der Waals surface area contributed by atoms with Gasteiger partial charge in [0.1, 0.15) is 11.3 Å². The van der Waals surface area contributed by atoms with E-state index >= 15 is 0 Å². The molecule has 6 heteroatoms. The highest BCUT2D eigenvalue weighted by atomic mass is 16.5. The number of nitriles is 1. The van der Waals surface area contributed by atoms with Gasteiger partial charge in [-0.25, -0.2) is 0 Å². The van der Waals surface area contributed by atoms with Gasteiger partial charge in [0.2, 0.25) is 5.91 Å². The topological polar surface area (TPSA) is 83.5 Å². The van der Waals surface area contributed by atoms with Crippen molar-refractivity contribution >= 4 is 22.8 Å². The zero-order chi connectivity index (χ0) is 25.5. The number of hydrogen-bond donors (Lipinski definition) is 0. The molecule has 1 saturated carbocycles. The van der Waals surface area contributed by atoms with Gasteiger partial charge in [-0.1, -0.05) is 32.3 Å². The van der Waals surface area contributed by atoms with Gasteiger partial charge < -0.3 is 14.1 Å². The summed E-state index contributed by atoms with van der Waals surface area (Å²) in [6.07, 6.45) is 5.74. The molecule has 0 N–H and O–H groups in total. The van der Waals surface area contributed by atoms with Crippen LogP contribution in [0, 0.1) is 16.7 Å². The van der Waals surface area contributed by atoms with Crippen LogP contribution in [0.1, 0.15) is 69.9 Å². The third-order valence-corrected chi connectivity index (χ3v) is 7.11. The highest BCUT2D eigenvalue weighted by molar-refractivity contribution is 5.84. The smallest absolute Gasteiger partial charge is 0.313 e. The largest absolute Gasteiger partial charge is 0.466 e. The van der Waals surface area contributed by atoms with Gasteiger partial charge in [-0.15, -0.1) is 0 Å². The summed E-state index contributed by atoms with van der Waals surface area (Å²) in [7, 11) is 0. The fourth-order valence-electron chi connectivity index (χ4n) is 5.11. The van der Waals surface area contributed by atoms with Gasteiger partial charge in [0, 0.05) is 30.5 Å². The quantitative estimate of drug-likeness (QED) is 0.301. The number of fused-ring (bicyclic) bond motifs is 1. The third-order valence-electron chi connectivity index (χ3n) is 7.11. The molecule has 2 aromatic carbocycles. The molecule has 0 atom stereocenters. The van der Waals surface area contributed by atoms with Gasteiger partial charge in [0.25, 0.3) is 0 Å². The first-order chi connectivity index (χ1) is 17.5. The maximum atomic E-state index is 13.3. The van der Waals surface area contributed by atoms with E-state index in [-0.39, 0.29) is 11.9 Å². The molecule has 3 aromatic rings. The van der Waals surface area contributed by atoms with Crippen molar-refractivity contribution in [3.8, 4) is 17.4 Å². The minimum atomic E-state index is -0.611. The molecule has 0 saturated heterocycles. The van der Waals surface area contributed by atoms with Gasteiger partial charge in [-0.2, -0.15) is 5.26 Å². The molecule has 1 aliphatic carbocycles. The molecule has 0 aliphatic heterocycles. The van der Waals surface area contributed by atoms with Gasteiger partial charge in [-0.05, 0) is 74.2 Å². The maximum absolute atomic E-state index is 13.3. The van der Waals surface area contributed by atoms with Crippen LogP contribution in [0.3, 0.4) is 0 Å². The molecular weight excluding hydrogens is 452 g/mol. The molecule has 4 rings (SSSR count). The average Bonchev–Trinajstić information content (AvgIpc) is 3.55. The Morgan fingerprint density at radius 2 is 1.83 bits per heavy atom. The number of unbranched alkanes of at least 4 members (excludes halogenated alkanes) is 1. The van der Waals surface area contributed by atoms with Crippen LogP contribution in [0.2, 0.25) is 0 Å². The van der Waals surface area contributed by atoms with Crippen LogP contribution in [-0.4, -0.2) is 29.9 Å². The molecule has 1 amide bonds. The molecule has 1 heterocycles. The number of rotatable bonds is 10. The monoisotopic (exact) mass is 486 g/mol. The molecule has 1 fully saturated rings. The van der Waals surface area contributed by atoms with Crippen molar-refractivity contribution in [2.45, 2.75) is 65.3 Å². The van der Waals surface area contributed by atoms with Crippen LogP contribution >= 0.6 is 0 Å². The molecule has 1 aliphatic rings. The second kappa shape index (κ2) is 11.4. The van der Waals surface area contributed by atoms with Crippen molar-refractivity contribution < 1.29 is 18.7 Å². The van der Waals surface area contributed by atoms with E-state index in [0.717, 1.165) is 66.4 Å². The summed E-state index contributed by atoms with van der Waals surface area (Å²) in [5, 5.41) is 9.99. The van der Waals surface area contributed by atoms with Crippen molar-refractivity contribution in [3.63, 3.8) is 0 Å². The highest BCUT2D eigenvalue weighted by Gasteiger charge is 2.44. The predicted molar refractivity (Wildman–Crippen MR) is 139 cm³/mol. The molecular formula is C30H34N2O4. The summed E-state index contributed by atoms with van der Waals surface area (Å²) in [5.74, 6) is 0.640. The molecule has 0 unspecified atom stereocenters. The van der Waals surface area contributed by atoms with Crippen LogP contribution in [0.25, 0.3) is 22.3 Å². The second-order valence-electron chi connectivity index (χ2n) is 9.73. The highest BCUT2D eigenvalue weighted by Crippen LogP contribution is 2.40. The van der Waals surface area contributed by atoms with Gasteiger partial charge in [-0.3, -0.25) is 9.59 Å². The first-order valence-electron chi connectivity index (χ1n) is 13.0. The van der Waals surface area contributed by atoms with Crippen molar-refractivity contribution in [1.82, 2.24) is 4.90 Å². The Morgan fingerprint density at radius 1 is 1.08 bits per heavy atom. The lowest BCUT2D eigenvalue weighted by Crippen LogP contribution is -2.44. The minimum Gasteiger partial charge on any atom is -0.466 e. The lowest BCUT2D eigenvalue weighted by atomic mass is 9.85. The maximum Gasteiger partial charge on any atom is 0.313 e. The number of furan rings is 1. The molecule has 0 radical (unpaired) electrons. The lowest BCUT2D eigenvalue weighted by Gasteiger charge is -2.34. The Bertz CT molecular complexity index is 1250. The molecule has 0 bridgehead atoms. The van der Waals surface area contributed by atoms with E-state index in [1.807, 2.05) is 42.2 Å². The van der Waals surface area contributed by atoms with E-state index in [4.69, 9.17) is 14.4 Å². The van der Waals surface area contributed by atoms with E-state index in [0.29, 0.717) is 31.7 Å². The van der Waals surface area contributed by atoms with E-state index in [1.54, 1.807) is 12.1 Å².